The third-order valence-corrected chi connectivity index (χ3v) is 3.61. The molecule has 0 radical (unpaired) electrons. The lowest BCUT2D eigenvalue weighted by Gasteiger charge is -2.18. The predicted octanol–water partition coefficient (Wildman–Crippen LogP) is 3.95. The van der Waals surface area contributed by atoms with Crippen LogP contribution >= 0.6 is 11.6 Å². The number of carbonyl (C=O) groups is 1. The Bertz CT molecular complexity index is 619. The molecule has 0 spiro atoms. The molecule has 0 atom stereocenters. The molecular weight excluding hydrogens is 312 g/mol. The summed E-state index contributed by atoms with van der Waals surface area (Å²) in [6.45, 7) is 1.65. The molecule has 0 heterocycles. The Kier molecular flexibility index (Phi) is 6.76. The molecule has 1 N–H and O–H groups in total. The van der Waals surface area contributed by atoms with E-state index in [1.54, 1.807) is 18.0 Å². The van der Waals surface area contributed by atoms with Crippen LogP contribution in [0.5, 0.6) is 5.75 Å². The molecule has 0 aliphatic heterocycles. The normalized spacial score (nSPS) is 10.2. The Morgan fingerprint density at radius 1 is 1.13 bits per heavy atom. The number of urea groups is 1. The van der Waals surface area contributed by atoms with Crippen LogP contribution in [0.25, 0.3) is 0 Å². The van der Waals surface area contributed by atoms with Crippen molar-refractivity contribution in [1.82, 2.24) is 10.2 Å². The zero-order valence-electron chi connectivity index (χ0n) is 13.2. The van der Waals surface area contributed by atoms with Gasteiger partial charge in [0.15, 0.2) is 0 Å². The summed E-state index contributed by atoms with van der Waals surface area (Å²) in [4.78, 5) is 13.6. The van der Waals surface area contributed by atoms with Gasteiger partial charge in [-0.15, -0.1) is 0 Å². The molecule has 2 aromatic carbocycles. The van der Waals surface area contributed by atoms with Crippen LogP contribution in [0.1, 0.15) is 12.0 Å². The quantitative estimate of drug-likeness (QED) is 0.780. The van der Waals surface area contributed by atoms with Gasteiger partial charge < -0.3 is 15.0 Å². The summed E-state index contributed by atoms with van der Waals surface area (Å²) in [6.07, 6.45) is 0.718. The van der Waals surface area contributed by atoms with E-state index in [1.165, 1.54) is 0 Å². The van der Waals surface area contributed by atoms with Crippen LogP contribution in [-0.4, -0.2) is 31.1 Å². The second-order valence-corrected chi connectivity index (χ2v) is 5.61. The first kappa shape index (κ1) is 17.2. The number of hydrogen-bond acceptors (Lipinski definition) is 2. The number of hydrogen-bond donors (Lipinski definition) is 1. The van der Waals surface area contributed by atoms with Gasteiger partial charge in [-0.1, -0.05) is 54.1 Å². The Morgan fingerprint density at radius 2 is 1.83 bits per heavy atom. The number of nitrogens with one attached hydrogen (secondary N) is 1. The molecule has 0 unspecified atom stereocenters. The van der Waals surface area contributed by atoms with Crippen LogP contribution in [0.15, 0.2) is 54.6 Å². The smallest absolute Gasteiger partial charge is 0.317 e. The molecule has 0 fully saturated rings. The zero-order valence-corrected chi connectivity index (χ0v) is 13.9. The molecule has 0 saturated carbocycles. The number of rotatable bonds is 7. The summed E-state index contributed by atoms with van der Waals surface area (Å²) < 4.78 is 5.58. The summed E-state index contributed by atoms with van der Waals surface area (Å²) in [5.41, 5.74) is 1.10. The van der Waals surface area contributed by atoms with Crippen molar-refractivity contribution in [3.63, 3.8) is 0 Å². The number of para-hydroxylation sites is 1. The molecule has 5 heteroatoms. The zero-order chi connectivity index (χ0) is 16.5. The maximum absolute atomic E-state index is 12.0. The van der Waals surface area contributed by atoms with Gasteiger partial charge in [-0.25, -0.2) is 4.79 Å². The van der Waals surface area contributed by atoms with Crippen molar-refractivity contribution in [2.45, 2.75) is 13.0 Å². The lowest BCUT2D eigenvalue weighted by atomic mass is 10.2. The molecule has 23 heavy (non-hydrogen) atoms. The van der Waals surface area contributed by atoms with Gasteiger partial charge in [0, 0.05) is 20.1 Å². The van der Waals surface area contributed by atoms with Crippen LogP contribution in [0, 0.1) is 0 Å². The lowest BCUT2D eigenvalue weighted by molar-refractivity contribution is 0.205. The lowest BCUT2D eigenvalue weighted by Crippen LogP contribution is -2.37. The first-order valence-electron chi connectivity index (χ1n) is 7.57. The fraction of sp³-hybridized carbons (Fsp3) is 0.278. The maximum Gasteiger partial charge on any atom is 0.317 e. The average Bonchev–Trinajstić information content (AvgIpc) is 2.57. The highest BCUT2D eigenvalue weighted by Crippen LogP contribution is 2.22. The molecule has 0 bridgehead atoms. The monoisotopic (exact) mass is 332 g/mol. The van der Waals surface area contributed by atoms with Crippen LogP contribution in [-0.2, 0) is 6.54 Å². The van der Waals surface area contributed by atoms with Gasteiger partial charge in [0.2, 0.25) is 0 Å². The number of nitrogens with zero attached hydrogens (tertiary/aromatic N) is 1. The maximum atomic E-state index is 12.0. The number of benzene rings is 2. The van der Waals surface area contributed by atoms with E-state index in [4.69, 9.17) is 16.3 Å². The summed E-state index contributed by atoms with van der Waals surface area (Å²) in [5.74, 6) is 0.668. The summed E-state index contributed by atoms with van der Waals surface area (Å²) in [6, 6.07) is 17.2. The van der Waals surface area contributed by atoms with Crippen molar-refractivity contribution in [3.05, 3.63) is 65.2 Å². The van der Waals surface area contributed by atoms with Crippen molar-refractivity contribution in [1.29, 1.82) is 0 Å². The first-order chi connectivity index (χ1) is 11.2. The topological polar surface area (TPSA) is 41.6 Å². The molecule has 0 aliphatic rings. The minimum atomic E-state index is -0.0911. The third kappa shape index (κ3) is 5.83. The molecule has 2 aromatic rings. The SMILES string of the molecule is CN(Cc1ccccc1)C(=O)NCCCOc1ccccc1Cl. The predicted molar refractivity (Wildman–Crippen MR) is 92.9 cm³/mol. The van der Waals surface area contributed by atoms with E-state index in [0.29, 0.717) is 30.5 Å². The van der Waals surface area contributed by atoms with Crippen molar-refractivity contribution in [2.75, 3.05) is 20.2 Å². The van der Waals surface area contributed by atoms with Gasteiger partial charge in [-0.3, -0.25) is 0 Å². The number of carbonyl (C=O) groups excluding carboxylic acids is 1. The van der Waals surface area contributed by atoms with Gasteiger partial charge in [0.1, 0.15) is 5.75 Å². The van der Waals surface area contributed by atoms with Gasteiger partial charge in [0.05, 0.1) is 11.6 Å². The second kappa shape index (κ2) is 9.06. The Labute approximate surface area is 142 Å². The molecule has 2 amide bonds. The van der Waals surface area contributed by atoms with Crippen molar-refractivity contribution < 1.29 is 9.53 Å². The highest BCUT2D eigenvalue weighted by Gasteiger charge is 2.08. The van der Waals surface area contributed by atoms with Gasteiger partial charge in [-0.05, 0) is 24.1 Å². The average molecular weight is 333 g/mol. The number of amides is 2. The molecule has 0 aliphatic carbocycles. The molecular formula is C18H21ClN2O2. The van der Waals surface area contributed by atoms with Gasteiger partial charge in [-0.2, -0.15) is 0 Å². The Balaban J connectivity index is 1.64. The molecule has 0 aromatic heterocycles. The first-order valence-corrected chi connectivity index (χ1v) is 7.95. The highest BCUT2D eigenvalue weighted by molar-refractivity contribution is 6.32. The number of ether oxygens (including phenoxy) is 1. The molecule has 0 saturated heterocycles. The van der Waals surface area contributed by atoms with E-state index in [9.17, 15) is 4.79 Å². The Hall–Kier alpha value is -2.20. The van der Waals surface area contributed by atoms with E-state index >= 15 is 0 Å². The van der Waals surface area contributed by atoms with Crippen LogP contribution in [0.3, 0.4) is 0 Å². The van der Waals surface area contributed by atoms with Gasteiger partial charge >= 0.3 is 6.03 Å². The van der Waals surface area contributed by atoms with E-state index < -0.39 is 0 Å². The minimum Gasteiger partial charge on any atom is -0.492 e. The summed E-state index contributed by atoms with van der Waals surface area (Å²) >= 11 is 6.00. The third-order valence-electron chi connectivity index (χ3n) is 3.30. The van der Waals surface area contributed by atoms with Crippen molar-refractivity contribution in [2.24, 2.45) is 0 Å². The van der Waals surface area contributed by atoms with E-state index in [0.717, 1.165) is 12.0 Å². The van der Waals surface area contributed by atoms with Gasteiger partial charge in [0.25, 0.3) is 0 Å². The summed E-state index contributed by atoms with van der Waals surface area (Å²) in [5, 5.41) is 3.47. The second-order valence-electron chi connectivity index (χ2n) is 5.21. The Morgan fingerprint density at radius 3 is 2.57 bits per heavy atom. The summed E-state index contributed by atoms with van der Waals surface area (Å²) in [7, 11) is 1.78. The highest BCUT2D eigenvalue weighted by atomic mass is 35.5. The minimum absolute atomic E-state index is 0.0911. The van der Waals surface area contributed by atoms with E-state index in [1.807, 2.05) is 48.5 Å². The largest absolute Gasteiger partial charge is 0.492 e. The van der Waals surface area contributed by atoms with Crippen LogP contribution in [0.4, 0.5) is 4.79 Å². The van der Waals surface area contributed by atoms with E-state index in [2.05, 4.69) is 5.32 Å². The molecule has 4 nitrogen and oxygen atoms in total. The van der Waals surface area contributed by atoms with Crippen molar-refractivity contribution >= 4 is 17.6 Å². The fourth-order valence-corrected chi connectivity index (χ4v) is 2.27. The fourth-order valence-electron chi connectivity index (χ4n) is 2.08. The number of halogens is 1. The van der Waals surface area contributed by atoms with E-state index in [-0.39, 0.29) is 6.03 Å². The van der Waals surface area contributed by atoms with Crippen LogP contribution in [0.2, 0.25) is 5.02 Å². The molecule has 122 valence electrons. The van der Waals surface area contributed by atoms with Crippen LogP contribution < -0.4 is 10.1 Å². The standard InChI is InChI=1S/C18H21ClN2O2/c1-21(14-15-8-3-2-4-9-15)18(22)20-12-7-13-23-17-11-6-5-10-16(17)19/h2-6,8-11H,7,12-14H2,1H3,(H,20,22). The van der Waals surface area contributed by atoms with Crippen molar-refractivity contribution in [3.8, 4) is 5.75 Å². The molecule has 2 rings (SSSR count).